The molecule has 5 rings (SSSR count). The quantitative estimate of drug-likeness (QED) is 0.564. The van der Waals surface area contributed by atoms with E-state index in [4.69, 9.17) is 18.6 Å². The highest BCUT2D eigenvalue weighted by Gasteiger charge is 2.60. The summed E-state index contributed by atoms with van der Waals surface area (Å²) in [5.41, 5.74) is 0. The topological polar surface area (TPSA) is 57.2 Å². The standard InChI is InChI=1S/C30H40O5Si/c1-23-22-29(18-19-30(35-29)27(31)16-11-20-32-30)34-26(23)17-21-33-36(28(2,3)4,24-12-7-5-8-13-24)25-14-9-6-10-15-25/h5-15,20,23,26-27,31H,16-19,21-22H2,1-4H3/t23-,26-,27+,29+,30-/m1/s1. The minimum absolute atomic E-state index is 0.0367. The van der Waals surface area contributed by atoms with Crippen LogP contribution in [0.3, 0.4) is 0 Å². The third-order valence-electron chi connectivity index (χ3n) is 8.22. The van der Waals surface area contributed by atoms with Crippen LogP contribution in [0.15, 0.2) is 73.0 Å². The molecule has 0 unspecified atom stereocenters. The van der Waals surface area contributed by atoms with E-state index < -0.39 is 26.0 Å². The van der Waals surface area contributed by atoms with Gasteiger partial charge in [-0.25, -0.2) is 0 Å². The molecule has 3 aliphatic heterocycles. The Morgan fingerprint density at radius 3 is 2.22 bits per heavy atom. The summed E-state index contributed by atoms with van der Waals surface area (Å²) in [4.78, 5) is 0. The first-order valence-electron chi connectivity index (χ1n) is 13.3. The van der Waals surface area contributed by atoms with Gasteiger partial charge in [-0.3, -0.25) is 0 Å². The molecule has 36 heavy (non-hydrogen) atoms. The summed E-state index contributed by atoms with van der Waals surface area (Å²) in [6.45, 7) is 9.76. The van der Waals surface area contributed by atoms with Crippen LogP contribution >= 0.6 is 0 Å². The summed E-state index contributed by atoms with van der Waals surface area (Å²) in [5, 5.41) is 13.1. The zero-order chi connectivity index (χ0) is 25.4. The number of hydrogen-bond acceptors (Lipinski definition) is 5. The van der Waals surface area contributed by atoms with Crippen LogP contribution in [0.1, 0.15) is 59.8 Å². The lowest BCUT2D eigenvalue weighted by atomic mass is 9.96. The SMILES string of the molecule is C[C@@H]1C[C@@]2(CC[C@@]3(OC=CC[C@@H]3O)O2)O[C@@H]1CCO[Si](c1ccccc1)(c1ccccc1)C(C)(C)C. The summed E-state index contributed by atoms with van der Waals surface area (Å²) in [7, 11) is -2.57. The highest BCUT2D eigenvalue weighted by molar-refractivity contribution is 6.99. The number of ether oxygens (including phenoxy) is 3. The molecule has 0 aromatic heterocycles. The number of aliphatic hydroxyl groups excluding tert-OH is 1. The van der Waals surface area contributed by atoms with Crippen LogP contribution in [0.4, 0.5) is 0 Å². The van der Waals surface area contributed by atoms with Gasteiger partial charge in [0.2, 0.25) is 5.79 Å². The van der Waals surface area contributed by atoms with Crippen LogP contribution in [0, 0.1) is 5.92 Å². The number of aliphatic hydroxyl groups is 1. The van der Waals surface area contributed by atoms with E-state index in [1.54, 1.807) is 6.26 Å². The average Bonchev–Trinajstić information content (AvgIpc) is 3.37. The van der Waals surface area contributed by atoms with Gasteiger partial charge in [0, 0.05) is 32.3 Å². The van der Waals surface area contributed by atoms with E-state index in [0.717, 1.165) is 19.3 Å². The fourth-order valence-corrected chi connectivity index (χ4v) is 11.0. The molecule has 194 valence electrons. The molecule has 6 heteroatoms. The van der Waals surface area contributed by atoms with Crippen molar-refractivity contribution in [1.82, 2.24) is 0 Å². The van der Waals surface area contributed by atoms with Crippen molar-refractivity contribution in [3.05, 3.63) is 73.0 Å². The Morgan fingerprint density at radius 2 is 1.64 bits per heavy atom. The Kier molecular flexibility index (Phi) is 6.94. The summed E-state index contributed by atoms with van der Waals surface area (Å²) < 4.78 is 25.9. The minimum Gasteiger partial charge on any atom is -0.467 e. The van der Waals surface area contributed by atoms with Crippen molar-refractivity contribution in [1.29, 1.82) is 0 Å². The van der Waals surface area contributed by atoms with E-state index in [1.165, 1.54) is 10.4 Å². The first kappa shape index (κ1) is 25.7. The Morgan fingerprint density at radius 1 is 1.00 bits per heavy atom. The average molecular weight is 509 g/mol. The van der Waals surface area contributed by atoms with Gasteiger partial charge in [-0.1, -0.05) is 88.4 Å². The van der Waals surface area contributed by atoms with Crippen molar-refractivity contribution in [3.8, 4) is 0 Å². The smallest absolute Gasteiger partial charge is 0.261 e. The predicted octanol–water partition coefficient (Wildman–Crippen LogP) is 4.88. The van der Waals surface area contributed by atoms with Crippen LogP contribution in [0.2, 0.25) is 5.04 Å². The van der Waals surface area contributed by atoms with Crippen LogP contribution in [-0.4, -0.2) is 43.8 Å². The van der Waals surface area contributed by atoms with Gasteiger partial charge < -0.3 is 23.7 Å². The second-order valence-corrected chi connectivity index (χ2v) is 16.0. The molecular formula is C30H40O5Si. The van der Waals surface area contributed by atoms with Crippen molar-refractivity contribution in [2.75, 3.05) is 6.61 Å². The second-order valence-electron chi connectivity index (χ2n) is 11.7. The Labute approximate surface area is 216 Å². The normalized spacial score (nSPS) is 32.3. The zero-order valence-electron chi connectivity index (χ0n) is 22.0. The highest BCUT2D eigenvalue weighted by atomic mass is 28.4. The van der Waals surface area contributed by atoms with Gasteiger partial charge in [-0.05, 0) is 33.8 Å². The molecule has 3 aliphatic rings. The lowest BCUT2D eigenvalue weighted by Crippen LogP contribution is -2.66. The fourth-order valence-electron chi connectivity index (χ4n) is 6.43. The molecular weight excluding hydrogens is 468 g/mol. The van der Waals surface area contributed by atoms with Crippen LogP contribution < -0.4 is 10.4 Å². The van der Waals surface area contributed by atoms with E-state index in [0.29, 0.717) is 25.4 Å². The van der Waals surface area contributed by atoms with Crippen molar-refractivity contribution < 1.29 is 23.7 Å². The first-order valence-corrected chi connectivity index (χ1v) is 15.2. The summed E-state index contributed by atoms with van der Waals surface area (Å²) in [6, 6.07) is 21.5. The zero-order valence-corrected chi connectivity index (χ0v) is 23.0. The van der Waals surface area contributed by atoms with Crippen LogP contribution in [0.5, 0.6) is 0 Å². The molecule has 0 saturated carbocycles. The van der Waals surface area contributed by atoms with Gasteiger partial charge in [-0.2, -0.15) is 0 Å². The minimum atomic E-state index is -2.57. The molecule has 1 N–H and O–H groups in total. The third kappa shape index (κ3) is 4.48. The molecule has 2 spiro atoms. The van der Waals surface area contributed by atoms with E-state index in [-0.39, 0.29) is 11.1 Å². The maximum absolute atomic E-state index is 10.6. The highest BCUT2D eigenvalue weighted by Crippen LogP contribution is 2.51. The van der Waals surface area contributed by atoms with Gasteiger partial charge in [0.15, 0.2) is 5.79 Å². The molecule has 2 aromatic carbocycles. The van der Waals surface area contributed by atoms with Crippen molar-refractivity contribution in [2.24, 2.45) is 5.92 Å². The number of rotatable bonds is 6. The summed E-state index contributed by atoms with van der Waals surface area (Å²) in [5.74, 6) is -1.33. The Balaban J connectivity index is 1.33. The summed E-state index contributed by atoms with van der Waals surface area (Å²) in [6.07, 6.45) is 6.37. The maximum atomic E-state index is 10.6. The molecule has 0 aliphatic carbocycles. The second kappa shape index (κ2) is 9.73. The first-order chi connectivity index (χ1) is 17.2. The van der Waals surface area contributed by atoms with E-state index >= 15 is 0 Å². The van der Waals surface area contributed by atoms with Crippen molar-refractivity contribution in [3.63, 3.8) is 0 Å². The monoisotopic (exact) mass is 508 g/mol. The maximum Gasteiger partial charge on any atom is 0.261 e. The van der Waals surface area contributed by atoms with Crippen LogP contribution in [-0.2, 0) is 18.6 Å². The Hall–Kier alpha value is -1.96. The van der Waals surface area contributed by atoms with E-state index in [1.807, 2.05) is 6.08 Å². The van der Waals surface area contributed by atoms with Gasteiger partial charge in [0.25, 0.3) is 8.32 Å². The Bertz CT molecular complexity index is 1010. The molecule has 0 radical (unpaired) electrons. The molecule has 2 aromatic rings. The molecule has 2 saturated heterocycles. The van der Waals surface area contributed by atoms with Crippen molar-refractivity contribution >= 4 is 18.7 Å². The number of hydrogen-bond donors (Lipinski definition) is 1. The summed E-state index contributed by atoms with van der Waals surface area (Å²) >= 11 is 0. The van der Waals surface area contributed by atoms with Gasteiger partial charge >= 0.3 is 0 Å². The lowest BCUT2D eigenvalue weighted by molar-refractivity contribution is -0.328. The lowest BCUT2D eigenvalue weighted by Gasteiger charge is -2.43. The molecule has 3 heterocycles. The largest absolute Gasteiger partial charge is 0.467 e. The molecule has 5 nitrogen and oxygen atoms in total. The molecule has 0 bridgehead atoms. The third-order valence-corrected chi connectivity index (χ3v) is 13.3. The fraction of sp³-hybridized carbons (Fsp3) is 0.533. The van der Waals surface area contributed by atoms with Crippen molar-refractivity contribution in [2.45, 2.75) is 88.6 Å². The molecule has 5 atom stereocenters. The predicted molar refractivity (Wildman–Crippen MR) is 143 cm³/mol. The van der Waals surface area contributed by atoms with Crippen LogP contribution in [0.25, 0.3) is 0 Å². The van der Waals surface area contributed by atoms with Gasteiger partial charge in [0.05, 0.1) is 12.4 Å². The van der Waals surface area contributed by atoms with Gasteiger partial charge in [-0.15, -0.1) is 0 Å². The molecule has 2 fully saturated rings. The van der Waals surface area contributed by atoms with Gasteiger partial charge in [0.1, 0.15) is 6.10 Å². The van der Waals surface area contributed by atoms with E-state index in [9.17, 15) is 5.11 Å². The molecule has 0 amide bonds. The van der Waals surface area contributed by atoms with E-state index in [2.05, 4.69) is 88.4 Å². The number of benzene rings is 2.